The standard InChI is InChI=1S/C14H18Cl2N2O/c1-10(14(19)18-7-2-3-8-18)17-9-11-12(15)5-4-6-13(11)16/h4-6,10,17H,2-3,7-9H2,1H3. The Bertz CT molecular complexity index is 439. The van der Waals surface area contributed by atoms with Gasteiger partial charge in [-0.2, -0.15) is 0 Å². The van der Waals surface area contributed by atoms with Crippen LogP contribution in [0.3, 0.4) is 0 Å². The van der Waals surface area contributed by atoms with Crippen LogP contribution >= 0.6 is 23.2 Å². The zero-order chi connectivity index (χ0) is 13.8. The Morgan fingerprint density at radius 2 is 1.89 bits per heavy atom. The van der Waals surface area contributed by atoms with Gasteiger partial charge < -0.3 is 10.2 Å². The minimum absolute atomic E-state index is 0.153. The van der Waals surface area contributed by atoms with Gasteiger partial charge in [-0.25, -0.2) is 0 Å². The molecule has 1 atom stereocenters. The number of hydrogen-bond acceptors (Lipinski definition) is 2. The number of nitrogens with one attached hydrogen (secondary N) is 1. The van der Waals surface area contributed by atoms with E-state index in [2.05, 4.69) is 5.32 Å². The molecule has 3 nitrogen and oxygen atoms in total. The molecule has 0 aliphatic carbocycles. The Hall–Kier alpha value is -0.770. The molecular weight excluding hydrogens is 283 g/mol. The van der Waals surface area contributed by atoms with E-state index >= 15 is 0 Å². The van der Waals surface area contributed by atoms with Crippen molar-refractivity contribution in [2.45, 2.75) is 32.4 Å². The minimum Gasteiger partial charge on any atom is -0.341 e. The lowest BCUT2D eigenvalue weighted by molar-refractivity contribution is -0.131. The fraction of sp³-hybridized carbons (Fsp3) is 0.500. The number of carbonyl (C=O) groups is 1. The molecule has 1 aliphatic heterocycles. The van der Waals surface area contributed by atoms with E-state index in [0.29, 0.717) is 16.6 Å². The summed E-state index contributed by atoms with van der Waals surface area (Å²) in [5.74, 6) is 0.153. The van der Waals surface area contributed by atoms with E-state index in [1.165, 1.54) is 0 Å². The van der Waals surface area contributed by atoms with E-state index in [-0.39, 0.29) is 11.9 Å². The molecule has 0 radical (unpaired) electrons. The Morgan fingerprint density at radius 3 is 2.47 bits per heavy atom. The van der Waals surface area contributed by atoms with Crippen LogP contribution in [0.5, 0.6) is 0 Å². The average Bonchev–Trinajstić information content (AvgIpc) is 2.90. The van der Waals surface area contributed by atoms with Gasteiger partial charge in [-0.1, -0.05) is 29.3 Å². The molecule has 0 bridgehead atoms. The molecule has 1 heterocycles. The zero-order valence-corrected chi connectivity index (χ0v) is 12.5. The first-order valence-electron chi connectivity index (χ1n) is 6.54. The first-order chi connectivity index (χ1) is 9.09. The summed E-state index contributed by atoms with van der Waals surface area (Å²) in [6, 6.07) is 5.20. The third-order valence-corrected chi connectivity index (χ3v) is 4.14. The first kappa shape index (κ1) is 14.6. The average molecular weight is 301 g/mol. The summed E-state index contributed by atoms with van der Waals surface area (Å²) in [5, 5.41) is 4.45. The second-order valence-corrected chi connectivity index (χ2v) is 5.65. The Morgan fingerprint density at radius 1 is 1.32 bits per heavy atom. The highest BCUT2D eigenvalue weighted by molar-refractivity contribution is 6.35. The van der Waals surface area contributed by atoms with Gasteiger partial charge in [0, 0.05) is 35.2 Å². The largest absolute Gasteiger partial charge is 0.341 e. The summed E-state index contributed by atoms with van der Waals surface area (Å²) in [5.41, 5.74) is 0.840. The topological polar surface area (TPSA) is 32.3 Å². The van der Waals surface area contributed by atoms with Gasteiger partial charge in [0.15, 0.2) is 0 Å². The summed E-state index contributed by atoms with van der Waals surface area (Å²) < 4.78 is 0. The van der Waals surface area contributed by atoms with Crippen molar-refractivity contribution in [3.8, 4) is 0 Å². The van der Waals surface area contributed by atoms with Crippen molar-refractivity contribution in [1.82, 2.24) is 10.2 Å². The lowest BCUT2D eigenvalue weighted by Gasteiger charge is -2.21. The van der Waals surface area contributed by atoms with E-state index in [1.807, 2.05) is 17.9 Å². The van der Waals surface area contributed by atoms with Crippen LogP contribution in [0.15, 0.2) is 18.2 Å². The van der Waals surface area contributed by atoms with E-state index in [0.717, 1.165) is 31.5 Å². The van der Waals surface area contributed by atoms with Gasteiger partial charge in [0.05, 0.1) is 6.04 Å². The van der Waals surface area contributed by atoms with Crippen LogP contribution in [0, 0.1) is 0 Å². The molecule has 0 saturated carbocycles. The number of nitrogens with zero attached hydrogens (tertiary/aromatic N) is 1. The Labute approximate surface area is 123 Å². The van der Waals surface area contributed by atoms with Gasteiger partial charge in [-0.3, -0.25) is 4.79 Å². The SMILES string of the molecule is CC(NCc1c(Cl)cccc1Cl)C(=O)N1CCCC1. The molecule has 104 valence electrons. The maximum absolute atomic E-state index is 12.1. The molecule has 1 aliphatic rings. The maximum atomic E-state index is 12.1. The molecule has 19 heavy (non-hydrogen) atoms. The van der Waals surface area contributed by atoms with Crippen molar-refractivity contribution in [3.05, 3.63) is 33.8 Å². The molecule has 5 heteroatoms. The summed E-state index contributed by atoms with van der Waals surface area (Å²) in [6.45, 7) is 4.13. The third kappa shape index (κ3) is 3.62. The Kier molecular flexibility index (Phi) is 5.08. The van der Waals surface area contributed by atoms with E-state index in [1.54, 1.807) is 12.1 Å². The highest BCUT2D eigenvalue weighted by Crippen LogP contribution is 2.24. The molecule has 1 unspecified atom stereocenters. The third-order valence-electron chi connectivity index (χ3n) is 3.43. The predicted molar refractivity (Wildman–Crippen MR) is 78.6 cm³/mol. The van der Waals surface area contributed by atoms with Crippen LogP contribution < -0.4 is 5.32 Å². The van der Waals surface area contributed by atoms with Crippen molar-refractivity contribution in [2.75, 3.05) is 13.1 Å². The van der Waals surface area contributed by atoms with E-state index < -0.39 is 0 Å². The number of rotatable bonds is 4. The van der Waals surface area contributed by atoms with Crippen LogP contribution in [0.4, 0.5) is 0 Å². The number of likely N-dealkylation sites (tertiary alicyclic amines) is 1. The molecule has 1 fully saturated rings. The van der Waals surface area contributed by atoms with Crippen molar-refractivity contribution in [3.63, 3.8) is 0 Å². The van der Waals surface area contributed by atoms with Crippen molar-refractivity contribution in [1.29, 1.82) is 0 Å². The van der Waals surface area contributed by atoms with Crippen LogP contribution in [-0.4, -0.2) is 29.9 Å². The molecule has 0 spiro atoms. The first-order valence-corrected chi connectivity index (χ1v) is 7.30. The van der Waals surface area contributed by atoms with Gasteiger partial charge in [-0.15, -0.1) is 0 Å². The number of amides is 1. The lowest BCUT2D eigenvalue weighted by Crippen LogP contribution is -2.43. The number of halogens is 2. The smallest absolute Gasteiger partial charge is 0.239 e. The monoisotopic (exact) mass is 300 g/mol. The summed E-state index contributed by atoms with van der Waals surface area (Å²) in [6.07, 6.45) is 2.21. The fourth-order valence-electron chi connectivity index (χ4n) is 2.26. The van der Waals surface area contributed by atoms with Gasteiger partial charge in [0.25, 0.3) is 0 Å². The molecule has 1 aromatic rings. The van der Waals surface area contributed by atoms with Crippen molar-refractivity contribution < 1.29 is 4.79 Å². The quantitative estimate of drug-likeness (QED) is 0.927. The second kappa shape index (κ2) is 6.60. The Balaban J connectivity index is 1.92. The molecule has 1 amide bonds. The molecular formula is C14H18Cl2N2O. The number of benzene rings is 1. The molecule has 1 saturated heterocycles. The molecule has 1 aromatic carbocycles. The highest BCUT2D eigenvalue weighted by Gasteiger charge is 2.23. The predicted octanol–water partition coefficient (Wildman–Crippen LogP) is 3.09. The van der Waals surface area contributed by atoms with Crippen LogP contribution in [0.1, 0.15) is 25.3 Å². The number of carbonyl (C=O) groups excluding carboxylic acids is 1. The minimum atomic E-state index is -0.217. The van der Waals surface area contributed by atoms with Crippen LogP contribution in [0.2, 0.25) is 10.0 Å². The van der Waals surface area contributed by atoms with Crippen LogP contribution in [0.25, 0.3) is 0 Å². The maximum Gasteiger partial charge on any atom is 0.239 e. The molecule has 2 rings (SSSR count). The number of hydrogen-bond donors (Lipinski definition) is 1. The van der Waals surface area contributed by atoms with Crippen LogP contribution in [-0.2, 0) is 11.3 Å². The van der Waals surface area contributed by atoms with Gasteiger partial charge in [-0.05, 0) is 31.9 Å². The normalized spacial score (nSPS) is 16.7. The fourth-order valence-corrected chi connectivity index (χ4v) is 2.79. The summed E-state index contributed by atoms with van der Waals surface area (Å²) in [7, 11) is 0. The molecule has 1 N–H and O–H groups in total. The molecule has 0 aromatic heterocycles. The van der Waals surface area contributed by atoms with Crippen molar-refractivity contribution >= 4 is 29.1 Å². The van der Waals surface area contributed by atoms with Crippen molar-refractivity contribution in [2.24, 2.45) is 0 Å². The lowest BCUT2D eigenvalue weighted by atomic mass is 10.2. The van der Waals surface area contributed by atoms with Gasteiger partial charge in [0.1, 0.15) is 0 Å². The summed E-state index contributed by atoms with van der Waals surface area (Å²) in [4.78, 5) is 14.0. The summed E-state index contributed by atoms with van der Waals surface area (Å²) >= 11 is 12.2. The highest BCUT2D eigenvalue weighted by atomic mass is 35.5. The van der Waals surface area contributed by atoms with E-state index in [9.17, 15) is 4.79 Å². The second-order valence-electron chi connectivity index (χ2n) is 4.84. The van der Waals surface area contributed by atoms with Gasteiger partial charge in [0.2, 0.25) is 5.91 Å². The van der Waals surface area contributed by atoms with Gasteiger partial charge >= 0.3 is 0 Å². The zero-order valence-electron chi connectivity index (χ0n) is 11.0. The van der Waals surface area contributed by atoms with E-state index in [4.69, 9.17) is 23.2 Å².